The predicted octanol–water partition coefficient (Wildman–Crippen LogP) is 3.72. The fourth-order valence-electron chi connectivity index (χ4n) is 4.71. The fourth-order valence-corrected chi connectivity index (χ4v) is 4.71. The highest BCUT2D eigenvalue weighted by molar-refractivity contribution is 5.77. The lowest BCUT2D eigenvalue weighted by molar-refractivity contribution is 0.433. The van der Waals surface area contributed by atoms with Crippen LogP contribution in [0.2, 0.25) is 0 Å². The molecule has 5 rings (SSSR count). The molecule has 1 aromatic carbocycles. The lowest BCUT2D eigenvalue weighted by Gasteiger charge is -2.36. The van der Waals surface area contributed by atoms with Crippen LogP contribution >= 0.6 is 0 Å². The lowest BCUT2D eigenvalue weighted by atomic mass is 9.68. The number of hydrogen-bond acceptors (Lipinski definition) is 3. The molecule has 1 spiro atoms. The molecule has 0 bridgehead atoms. The first-order valence-corrected chi connectivity index (χ1v) is 8.64. The van der Waals surface area contributed by atoms with Crippen LogP contribution in [0, 0.1) is 0 Å². The molecule has 23 heavy (non-hydrogen) atoms. The van der Waals surface area contributed by atoms with E-state index in [-0.39, 0.29) is 5.41 Å². The van der Waals surface area contributed by atoms with Gasteiger partial charge in [0.1, 0.15) is 12.2 Å². The zero-order valence-corrected chi connectivity index (χ0v) is 13.4. The van der Waals surface area contributed by atoms with E-state index < -0.39 is 0 Å². The highest BCUT2D eigenvalue weighted by Gasteiger charge is 2.44. The molecule has 1 saturated carbocycles. The van der Waals surface area contributed by atoms with E-state index in [1.165, 1.54) is 42.4 Å². The van der Waals surface area contributed by atoms with E-state index in [0.717, 1.165) is 30.0 Å². The summed E-state index contributed by atoms with van der Waals surface area (Å²) in [5.74, 6) is 1.05. The lowest BCUT2D eigenvalue weighted by Crippen LogP contribution is -2.31. The molecule has 0 unspecified atom stereocenters. The monoisotopic (exact) mass is 304 g/mol. The Labute approximate surface area is 135 Å². The van der Waals surface area contributed by atoms with Crippen molar-refractivity contribution in [2.75, 3.05) is 0 Å². The molecule has 0 aliphatic heterocycles. The van der Waals surface area contributed by atoms with Gasteiger partial charge in [-0.15, -0.1) is 10.2 Å². The smallest absolute Gasteiger partial charge is 0.167 e. The van der Waals surface area contributed by atoms with Gasteiger partial charge in [-0.2, -0.15) is 0 Å². The van der Waals surface area contributed by atoms with Crippen molar-refractivity contribution in [3.05, 3.63) is 47.5 Å². The number of hydrogen-bond donors (Lipinski definition) is 0. The van der Waals surface area contributed by atoms with Crippen LogP contribution in [0.3, 0.4) is 0 Å². The average Bonchev–Trinajstić information content (AvgIpc) is 3.24. The van der Waals surface area contributed by atoms with Crippen molar-refractivity contribution in [1.29, 1.82) is 0 Å². The molecule has 116 valence electrons. The maximum absolute atomic E-state index is 5.08. The van der Waals surface area contributed by atoms with E-state index in [1.807, 2.05) is 6.33 Å². The molecule has 1 fully saturated rings. The van der Waals surface area contributed by atoms with Gasteiger partial charge >= 0.3 is 0 Å². The van der Waals surface area contributed by atoms with Crippen molar-refractivity contribution < 1.29 is 0 Å². The maximum Gasteiger partial charge on any atom is 0.167 e. The predicted molar refractivity (Wildman–Crippen MR) is 89.4 cm³/mol. The Morgan fingerprint density at radius 2 is 2.00 bits per heavy atom. The summed E-state index contributed by atoms with van der Waals surface area (Å²) in [5.41, 5.74) is 6.48. The normalized spacial score (nSPS) is 18.3. The first-order chi connectivity index (χ1) is 11.3. The van der Waals surface area contributed by atoms with E-state index in [9.17, 15) is 0 Å². The topological polar surface area (TPSA) is 43.1 Å². The number of fused-ring (bicyclic) bond motifs is 6. The summed E-state index contributed by atoms with van der Waals surface area (Å²) in [6, 6.07) is 8.77. The van der Waals surface area contributed by atoms with Gasteiger partial charge in [-0.1, -0.05) is 44.0 Å². The maximum atomic E-state index is 5.08. The second-order valence-corrected chi connectivity index (χ2v) is 6.95. The molecule has 2 aliphatic rings. The first kappa shape index (κ1) is 13.2. The SMILES string of the molecule is CCc1nc2c(c3nncn13)C1(CCCC1)Cc1ccccc1-2. The van der Waals surface area contributed by atoms with Gasteiger partial charge in [0.15, 0.2) is 5.65 Å². The molecule has 0 atom stereocenters. The minimum absolute atomic E-state index is 0.206. The van der Waals surface area contributed by atoms with Crippen molar-refractivity contribution >= 4 is 5.65 Å². The van der Waals surface area contributed by atoms with Crippen molar-refractivity contribution in [3.63, 3.8) is 0 Å². The summed E-state index contributed by atoms with van der Waals surface area (Å²) >= 11 is 0. The minimum Gasteiger partial charge on any atom is -0.269 e. The Morgan fingerprint density at radius 1 is 1.17 bits per heavy atom. The van der Waals surface area contributed by atoms with Crippen LogP contribution in [0.5, 0.6) is 0 Å². The van der Waals surface area contributed by atoms with E-state index in [0.29, 0.717) is 0 Å². The van der Waals surface area contributed by atoms with Gasteiger partial charge < -0.3 is 0 Å². The zero-order valence-electron chi connectivity index (χ0n) is 13.4. The zero-order chi connectivity index (χ0) is 15.4. The highest BCUT2D eigenvalue weighted by atomic mass is 15.2. The van der Waals surface area contributed by atoms with E-state index in [2.05, 4.69) is 45.8 Å². The van der Waals surface area contributed by atoms with Gasteiger partial charge in [-0.05, 0) is 24.8 Å². The van der Waals surface area contributed by atoms with Crippen LogP contribution < -0.4 is 0 Å². The van der Waals surface area contributed by atoms with Crippen LogP contribution in [0.4, 0.5) is 0 Å². The van der Waals surface area contributed by atoms with Crippen molar-refractivity contribution in [2.45, 2.75) is 50.9 Å². The second-order valence-electron chi connectivity index (χ2n) is 6.95. The van der Waals surface area contributed by atoms with Gasteiger partial charge in [0.25, 0.3) is 0 Å². The number of benzene rings is 1. The van der Waals surface area contributed by atoms with Gasteiger partial charge in [0, 0.05) is 23.0 Å². The summed E-state index contributed by atoms with van der Waals surface area (Å²) in [7, 11) is 0. The molecule has 3 aromatic rings. The third-order valence-electron chi connectivity index (χ3n) is 5.74. The highest BCUT2D eigenvalue weighted by Crippen LogP contribution is 2.52. The molecule has 4 nitrogen and oxygen atoms in total. The molecule has 0 radical (unpaired) electrons. The molecule has 0 N–H and O–H groups in total. The van der Waals surface area contributed by atoms with Crippen molar-refractivity contribution in [2.24, 2.45) is 0 Å². The van der Waals surface area contributed by atoms with E-state index in [4.69, 9.17) is 4.98 Å². The molecule has 0 saturated heterocycles. The number of rotatable bonds is 1. The summed E-state index contributed by atoms with van der Waals surface area (Å²) in [4.78, 5) is 5.08. The van der Waals surface area contributed by atoms with Gasteiger partial charge in [0.2, 0.25) is 0 Å². The van der Waals surface area contributed by atoms with Crippen LogP contribution in [0.25, 0.3) is 16.9 Å². The number of nitrogens with zero attached hydrogens (tertiary/aromatic N) is 4. The van der Waals surface area contributed by atoms with Crippen LogP contribution in [0.1, 0.15) is 49.6 Å². The Hall–Kier alpha value is -2.23. The summed E-state index contributed by atoms with van der Waals surface area (Å²) < 4.78 is 2.10. The third-order valence-corrected chi connectivity index (χ3v) is 5.74. The Balaban J connectivity index is 1.92. The van der Waals surface area contributed by atoms with Crippen LogP contribution in [-0.2, 0) is 18.3 Å². The average molecular weight is 304 g/mol. The van der Waals surface area contributed by atoms with Crippen molar-refractivity contribution in [3.8, 4) is 11.3 Å². The van der Waals surface area contributed by atoms with Gasteiger partial charge in [0.05, 0.1) is 5.69 Å². The summed E-state index contributed by atoms with van der Waals surface area (Å²) in [5, 5.41) is 8.71. The van der Waals surface area contributed by atoms with E-state index >= 15 is 0 Å². The Kier molecular flexibility index (Phi) is 2.67. The standard InChI is InChI=1S/C19H20N4/c1-2-15-21-17-14-8-4-3-7-13(14)11-19(9-5-6-10-19)16(17)18-22-20-12-23(15)18/h3-4,7-8,12H,2,5-6,9-11H2,1H3. The van der Waals surface area contributed by atoms with Gasteiger partial charge in [-0.25, -0.2) is 4.98 Å². The number of aromatic nitrogens is 4. The molecular formula is C19H20N4. The number of aryl methyl sites for hydroxylation is 1. The largest absolute Gasteiger partial charge is 0.269 e. The molecule has 2 aliphatic carbocycles. The Bertz CT molecular complexity index is 903. The fraction of sp³-hybridized carbons (Fsp3) is 0.421. The van der Waals surface area contributed by atoms with Gasteiger partial charge in [-0.3, -0.25) is 4.40 Å². The summed E-state index contributed by atoms with van der Waals surface area (Å²) in [6.07, 6.45) is 8.91. The van der Waals surface area contributed by atoms with E-state index in [1.54, 1.807) is 0 Å². The molecule has 0 amide bonds. The quantitative estimate of drug-likeness (QED) is 0.688. The van der Waals surface area contributed by atoms with Crippen LogP contribution in [-0.4, -0.2) is 19.6 Å². The third kappa shape index (κ3) is 1.69. The molecule has 4 heteroatoms. The second kappa shape index (κ2) is 4.63. The van der Waals surface area contributed by atoms with Crippen LogP contribution in [0.15, 0.2) is 30.6 Å². The summed E-state index contributed by atoms with van der Waals surface area (Å²) in [6.45, 7) is 2.15. The first-order valence-electron chi connectivity index (χ1n) is 8.64. The molecule has 2 heterocycles. The molecular weight excluding hydrogens is 284 g/mol. The van der Waals surface area contributed by atoms with Crippen molar-refractivity contribution in [1.82, 2.24) is 19.6 Å². The Morgan fingerprint density at radius 3 is 2.83 bits per heavy atom. The molecule has 2 aromatic heterocycles. The minimum atomic E-state index is 0.206.